The van der Waals surface area contributed by atoms with Gasteiger partial charge >= 0.3 is 0 Å². The summed E-state index contributed by atoms with van der Waals surface area (Å²) in [7, 11) is -3.81. The number of nitrogens with zero attached hydrogens (tertiary/aromatic N) is 1. The Labute approximate surface area is 183 Å². The lowest BCUT2D eigenvalue weighted by molar-refractivity contribution is -0.137. The molecule has 2 aromatic carbocycles. The molecule has 1 atom stereocenters. The molecular weight excluding hydrogens is 416 g/mol. The van der Waals surface area contributed by atoms with Gasteiger partial charge in [0.25, 0.3) is 0 Å². The van der Waals surface area contributed by atoms with E-state index in [0.29, 0.717) is 39.1 Å². The third kappa shape index (κ3) is 4.76. The van der Waals surface area contributed by atoms with E-state index in [1.165, 1.54) is 0 Å². The standard InChI is InChI=1S/C23H28N2O5S/c1-17-7-9-20(10-8-17)31(27,28)24-18(2)22(26)25-15-19-5-3-4-6-21(19)30-23(16-25)11-13-29-14-12-23/h3-10,18,24H,11-16H2,1-2H3/t18-/m0/s1. The third-order valence-electron chi connectivity index (χ3n) is 5.89. The Kier molecular flexibility index (Phi) is 6.05. The summed E-state index contributed by atoms with van der Waals surface area (Å²) >= 11 is 0. The monoisotopic (exact) mass is 444 g/mol. The lowest BCUT2D eigenvalue weighted by Gasteiger charge is -2.39. The van der Waals surface area contributed by atoms with Crippen LogP contribution in [0.4, 0.5) is 0 Å². The molecule has 31 heavy (non-hydrogen) atoms. The summed E-state index contributed by atoms with van der Waals surface area (Å²) < 4.78 is 40.0. The minimum absolute atomic E-state index is 0.142. The van der Waals surface area contributed by atoms with Crippen molar-refractivity contribution in [1.29, 1.82) is 0 Å². The molecule has 2 aliphatic heterocycles. The summed E-state index contributed by atoms with van der Waals surface area (Å²) in [5, 5.41) is 0. The predicted octanol–water partition coefficient (Wildman–Crippen LogP) is 2.63. The van der Waals surface area contributed by atoms with Gasteiger partial charge in [-0.15, -0.1) is 0 Å². The van der Waals surface area contributed by atoms with E-state index in [1.807, 2.05) is 31.2 Å². The van der Waals surface area contributed by atoms with E-state index < -0.39 is 21.7 Å². The van der Waals surface area contributed by atoms with Crippen LogP contribution in [0.25, 0.3) is 0 Å². The molecular formula is C23H28N2O5S. The first-order chi connectivity index (χ1) is 14.8. The first-order valence-corrected chi connectivity index (χ1v) is 12.0. The molecule has 8 heteroatoms. The fourth-order valence-corrected chi connectivity index (χ4v) is 5.31. The molecule has 0 aliphatic carbocycles. The maximum absolute atomic E-state index is 13.4. The fraction of sp³-hybridized carbons (Fsp3) is 0.435. The number of ether oxygens (including phenoxy) is 2. The highest BCUT2D eigenvalue weighted by atomic mass is 32.2. The van der Waals surface area contributed by atoms with E-state index in [0.717, 1.165) is 16.9 Å². The van der Waals surface area contributed by atoms with Crippen molar-refractivity contribution < 1.29 is 22.7 Å². The van der Waals surface area contributed by atoms with Gasteiger partial charge in [0, 0.05) is 24.9 Å². The van der Waals surface area contributed by atoms with E-state index in [4.69, 9.17) is 9.47 Å². The zero-order valence-corrected chi connectivity index (χ0v) is 18.7. The molecule has 0 aromatic heterocycles. The van der Waals surface area contributed by atoms with E-state index in [1.54, 1.807) is 36.1 Å². The predicted molar refractivity (Wildman–Crippen MR) is 116 cm³/mol. The summed E-state index contributed by atoms with van der Waals surface area (Å²) in [6.07, 6.45) is 1.35. The van der Waals surface area contributed by atoms with Gasteiger partial charge in [-0.05, 0) is 32.0 Å². The molecule has 4 rings (SSSR count). The summed E-state index contributed by atoms with van der Waals surface area (Å²) in [6.45, 7) is 5.37. The maximum atomic E-state index is 13.4. The number of fused-ring (bicyclic) bond motifs is 1. The van der Waals surface area contributed by atoms with Gasteiger partial charge in [-0.3, -0.25) is 4.79 Å². The molecule has 2 aromatic rings. The normalized spacial score (nSPS) is 19.2. The number of carbonyl (C=O) groups is 1. The number of sulfonamides is 1. The van der Waals surface area contributed by atoms with Gasteiger partial charge in [-0.1, -0.05) is 35.9 Å². The van der Waals surface area contributed by atoms with Crippen LogP contribution in [0, 0.1) is 6.92 Å². The number of hydrogen-bond donors (Lipinski definition) is 1. The largest absolute Gasteiger partial charge is 0.485 e. The molecule has 2 heterocycles. The molecule has 1 spiro atoms. The molecule has 0 radical (unpaired) electrons. The number of nitrogens with one attached hydrogen (secondary N) is 1. The van der Waals surface area contributed by atoms with Crippen molar-refractivity contribution in [3.63, 3.8) is 0 Å². The number of amides is 1. The average Bonchev–Trinajstić information content (AvgIpc) is 2.90. The highest BCUT2D eigenvalue weighted by Crippen LogP contribution is 2.35. The Morgan fingerprint density at radius 3 is 2.48 bits per heavy atom. The molecule has 2 aliphatic rings. The average molecular weight is 445 g/mol. The Morgan fingerprint density at radius 1 is 1.10 bits per heavy atom. The van der Waals surface area contributed by atoms with Crippen molar-refractivity contribution in [1.82, 2.24) is 9.62 Å². The van der Waals surface area contributed by atoms with Crippen molar-refractivity contribution in [3.8, 4) is 5.75 Å². The highest BCUT2D eigenvalue weighted by molar-refractivity contribution is 7.89. The molecule has 1 saturated heterocycles. The van der Waals surface area contributed by atoms with Crippen LogP contribution in [-0.4, -0.2) is 50.6 Å². The van der Waals surface area contributed by atoms with Crippen LogP contribution in [-0.2, 0) is 26.1 Å². The van der Waals surface area contributed by atoms with Gasteiger partial charge < -0.3 is 14.4 Å². The molecule has 166 valence electrons. The summed E-state index contributed by atoms with van der Waals surface area (Å²) in [5.74, 6) is 0.495. The number of hydrogen-bond acceptors (Lipinski definition) is 5. The smallest absolute Gasteiger partial charge is 0.241 e. The molecule has 1 amide bonds. The summed E-state index contributed by atoms with van der Waals surface area (Å²) in [6, 6.07) is 13.3. The van der Waals surface area contributed by atoms with Gasteiger partial charge in [0.2, 0.25) is 15.9 Å². The minimum Gasteiger partial charge on any atom is -0.485 e. The molecule has 0 saturated carbocycles. The van der Waals surface area contributed by atoms with Crippen LogP contribution < -0.4 is 9.46 Å². The van der Waals surface area contributed by atoms with Crippen molar-refractivity contribution in [2.45, 2.75) is 49.8 Å². The van der Waals surface area contributed by atoms with Crippen LogP contribution in [0.15, 0.2) is 53.4 Å². The van der Waals surface area contributed by atoms with Crippen molar-refractivity contribution in [2.75, 3.05) is 19.8 Å². The van der Waals surface area contributed by atoms with E-state index in [9.17, 15) is 13.2 Å². The molecule has 0 bridgehead atoms. The van der Waals surface area contributed by atoms with E-state index >= 15 is 0 Å². The van der Waals surface area contributed by atoms with Crippen molar-refractivity contribution in [2.24, 2.45) is 0 Å². The fourth-order valence-electron chi connectivity index (χ4n) is 4.11. The number of rotatable bonds is 4. The van der Waals surface area contributed by atoms with Gasteiger partial charge in [0.15, 0.2) is 0 Å². The summed E-state index contributed by atoms with van der Waals surface area (Å²) in [5.41, 5.74) is 1.34. The Balaban J connectivity index is 1.56. The number of para-hydroxylation sites is 1. The van der Waals surface area contributed by atoms with Gasteiger partial charge in [-0.2, -0.15) is 4.72 Å². The molecule has 1 N–H and O–H groups in total. The maximum Gasteiger partial charge on any atom is 0.241 e. The molecule has 0 unspecified atom stereocenters. The second-order valence-electron chi connectivity index (χ2n) is 8.36. The number of aryl methyl sites for hydroxylation is 1. The third-order valence-corrected chi connectivity index (χ3v) is 7.45. The zero-order chi connectivity index (χ0) is 22.1. The first kappa shape index (κ1) is 21.8. The first-order valence-electron chi connectivity index (χ1n) is 10.5. The van der Waals surface area contributed by atoms with Crippen molar-refractivity contribution in [3.05, 3.63) is 59.7 Å². The zero-order valence-electron chi connectivity index (χ0n) is 17.8. The molecule has 7 nitrogen and oxygen atoms in total. The van der Waals surface area contributed by atoms with Crippen LogP contribution in [0.5, 0.6) is 5.75 Å². The second kappa shape index (κ2) is 8.61. The molecule has 1 fully saturated rings. The van der Waals surface area contributed by atoms with Crippen LogP contribution >= 0.6 is 0 Å². The van der Waals surface area contributed by atoms with E-state index in [-0.39, 0.29) is 10.8 Å². The van der Waals surface area contributed by atoms with Crippen molar-refractivity contribution >= 4 is 15.9 Å². The lowest BCUT2D eigenvalue weighted by atomic mass is 9.93. The quantitative estimate of drug-likeness (QED) is 0.784. The van der Waals surface area contributed by atoms with E-state index in [2.05, 4.69) is 4.72 Å². The summed E-state index contributed by atoms with van der Waals surface area (Å²) in [4.78, 5) is 15.2. The van der Waals surface area contributed by atoms with Crippen LogP contribution in [0.2, 0.25) is 0 Å². The Morgan fingerprint density at radius 2 is 1.77 bits per heavy atom. The number of benzene rings is 2. The number of carbonyl (C=O) groups excluding carboxylic acids is 1. The Hall–Kier alpha value is -2.42. The SMILES string of the molecule is Cc1ccc(S(=O)(=O)N[C@@H](C)C(=O)N2Cc3ccccc3OC3(CCOCC3)C2)cc1. The topological polar surface area (TPSA) is 84.9 Å². The Bertz CT molecular complexity index is 1050. The van der Waals surface area contributed by atoms with Gasteiger partial charge in [0.1, 0.15) is 11.4 Å². The lowest BCUT2D eigenvalue weighted by Crippen LogP contribution is -2.54. The van der Waals surface area contributed by atoms with Gasteiger partial charge in [-0.25, -0.2) is 8.42 Å². The highest BCUT2D eigenvalue weighted by Gasteiger charge is 2.41. The van der Waals surface area contributed by atoms with Crippen LogP contribution in [0.3, 0.4) is 0 Å². The van der Waals surface area contributed by atoms with Gasteiger partial charge in [0.05, 0.1) is 30.7 Å². The van der Waals surface area contributed by atoms with Crippen LogP contribution in [0.1, 0.15) is 30.9 Å². The second-order valence-corrected chi connectivity index (χ2v) is 10.1. The minimum atomic E-state index is -3.81.